The molecule has 14 heavy (non-hydrogen) atoms. The van der Waals surface area contributed by atoms with Crippen molar-refractivity contribution in [2.75, 3.05) is 0 Å². The molecule has 3 heteroatoms. The zero-order valence-corrected chi connectivity index (χ0v) is 14.2. The number of hydrogen-bond acceptors (Lipinski definition) is 1. The highest BCUT2D eigenvalue weighted by Crippen LogP contribution is 2.42. The van der Waals surface area contributed by atoms with Gasteiger partial charge in [-0.15, -0.1) is 0 Å². The summed E-state index contributed by atoms with van der Waals surface area (Å²) in [6.45, 7) is 13.6. The fraction of sp³-hybridized carbons (Fsp3) is 1.00. The molecule has 0 aromatic carbocycles. The zero-order chi connectivity index (χ0) is 11.5. The van der Waals surface area contributed by atoms with Crippen LogP contribution >= 0.6 is 15.9 Å². The maximum atomic E-state index is 5.79. The fourth-order valence-corrected chi connectivity index (χ4v) is 4.28. The predicted molar refractivity (Wildman–Crippen MR) is 71.0 cm³/mol. The van der Waals surface area contributed by atoms with Gasteiger partial charge in [-0.05, 0) is 17.8 Å². The van der Waals surface area contributed by atoms with Crippen LogP contribution in [0.1, 0.15) is 41.5 Å². The zero-order valence-electron chi connectivity index (χ0n) is 10.6. The molecular formula is C11H25BrOSi. The van der Waals surface area contributed by atoms with Crippen molar-refractivity contribution >= 4 is 26.4 Å². The molecule has 0 rings (SSSR count). The molecule has 0 radical (unpaired) electrons. The topological polar surface area (TPSA) is 9.23 Å². The van der Waals surface area contributed by atoms with Crippen LogP contribution in [0.15, 0.2) is 0 Å². The van der Waals surface area contributed by atoms with Crippen LogP contribution in [0.5, 0.6) is 0 Å². The Labute approximate surface area is 101 Å². The second-order valence-corrected chi connectivity index (χ2v) is 6.88. The van der Waals surface area contributed by atoms with E-state index in [1.54, 1.807) is 0 Å². The molecule has 0 N–H and O–H groups in total. The van der Waals surface area contributed by atoms with Gasteiger partial charge in [0.2, 0.25) is 0 Å². The molecule has 0 aliphatic rings. The highest BCUT2D eigenvalue weighted by molar-refractivity contribution is 9.10. The Morgan fingerprint density at radius 1 is 1.00 bits per heavy atom. The Morgan fingerprint density at radius 3 is 1.43 bits per heavy atom. The Balaban J connectivity index is 4.96. The van der Waals surface area contributed by atoms with E-state index in [4.69, 9.17) is 4.43 Å². The summed E-state index contributed by atoms with van der Waals surface area (Å²) >= 11 is 3.94. The Bertz CT molecular complexity index is 161. The third-order valence-corrected chi connectivity index (χ3v) is 5.86. The molecule has 0 aliphatic heterocycles. The number of alkyl halides is 1. The van der Waals surface area contributed by atoms with Crippen molar-refractivity contribution in [2.24, 2.45) is 17.8 Å². The maximum absolute atomic E-state index is 5.79. The summed E-state index contributed by atoms with van der Waals surface area (Å²) in [7, 11) is 0.812. The van der Waals surface area contributed by atoms with Crippen LogP contribution in [0, 0.1) is 17.8 Å². The molecule has 0 aliphatic carbocycles. The minimum Gasteiger partial charge on any atom is -0.423 e. The molecule has 1 unspecified atom stereocenters. The van der Waals surface area contributed by atoms with Gasteiger partial charge < -0.3 is 4.43 Å². The second-order valence-electron chi connectivity index (χ2n) is 5.04. The standard InChI is InChI=1S/C11H25BrOSi/c1-7(2)10(13-14)11(12,8(3)4)9(5)6/h7-10H,1-6,14H3. The molecule has 0 saturated heterocycles. The summed E-state index contributed by atoms with van der Waals surface area (Å²) in [6, 6.07) is 0. The average Bonchev–Trinajstić information content (AvgIpc) is 2.03. The first-order chi connectivity index (χ1) is 6.28. The molecule has 86 valence electrons. The molecule has 0 fully saturated rings. The van der Waals surface area contributed by atoms with E-state index < -0.39 is 0 Å². The fourth-order valence-electron chi connectivity index (χ4n) is 2.29. The number of hydrogen-bond donors (Lipinski definition) is 0. The first kappa shape index (κ1) is 14.7. The molecular weight excluding hydrogens is 256 g/mol. The van der Waals surface area contributed by atoms with Gasteiger partial charge in [-0.25, -0.2) is 0 Å². The minimum atomic E-state index is 0.114. The lowest BCUT2D eigenvalue weighted by Gasteiger charge is -2.44. The van der Waals surface area contributed by atoms with Crippen molar-refractivity contribution < 1.29 is 4.43 Å². The summed E-state index contributed by atoms with van der Waals surface area (Å²) in [6.07, 6.45) is 0.328. The maximum Gasteiger partial charge on any atom is 0.146 e. The van der Waals surface area contributed by atoms with Crippen LogP contribution in [-0.2, 0) is 4.43 Å². The highest BCUT2D eigenvalue weighted by Gasteiger charge is 2.43. The molecule has 1 atom stereocenters. The summed E-state index contributed by atoms with van der Waals surface area (Å²) in [4.78, 5) is 0. The van der Waals surface area contributed by atoms with Crippen LogP contribution in [-0.4, -0.2) is 20.9 Å². The first-order valence-corrected chi connectivity index (χ1v) is 7.11. The summed E-state index contributed by atoms with van der Waals surface area (Å²) in [5.41, 5.74) is 0. The van der Waals surface area contributed by atoms with Crippen molar-refractivity contribution in [1.29, 1.82) is 0 Å². The van der Waals surface area contributed by atoms with Crippen molar-refractivity contribution in [3.05, 3.63) is 0 Å². The monoisotopic (exact) mass is 280 g/mol. The molecule has 0 aromatic heterocycles. The van der Waals surface area contributed by atoms with Crippen LogP contribution < -0.4 is 0 Å². The van der Waals surface area contributed by atoms with Crippen molar-refractivity contribution in [3.8, 4) is 0 Å². The lowest BCUT2D eigenvalue weighted by molar-refractivity contribution is 0.0758. The van der Waals surface area contributed by atoms with Gasteiger partial charge in [0.25, 0.3) is 0 Å². The minimum absolute atomic E-state index is 0.114. The van der Waals surface area contributed by atoms with Gasteiger partial charge in [0.1, 0.15) is 10.5 Å². The largest absolute Gasteiger partial charge is 0.423 e. The van der Waals surface area contributed by atoms with E-state index in [0.717, 1.165) is 10.5 Å². The molecule has 0 amide bonds. The van der Waals surface area contributed by atoms with Crippen LogP contribution in [0.3, 0.4) is 0 Å². The molecule has 0 aromatic rings. The second kappa shape index (κ2) is 5.66. The normalized spacial score (nSPS) is 15.9. The molecule has 0 heterocycles. The van der Waals surface area contributed by atoms with E-state index in [9.17, 15) is 0 Å². The Morgan fingerprint density at radius 2 is 1.36 bits per heavy atom. The van der Waals surface area contributed by atoms with Gasteiger partial charge in [-0.2, -0.15) is 0 Å². The van der Waals surface area contributed by atoms with Gasteiger partial charge in [0.05, 0.1) is 10.4 Å². The highest BCUT2D eigenvalue weighted by atomic mass is 79.9. The Hall–Kier alpha value is 0.657. The third-order valence-electron chi connectivity index (χ3n) is 3.07. The van der Waals surface area contributed by atoms with Gasteiger partial charge in [-0.1, -0.05) is 57.5 Å². The van der Waals surface area contributed by atoms with E-state index in [0.29, 0.717) is 23.9 Å². The summed E-state index contributed by atoms with van der Waals surface area (Å²) in [5, 5.41) is 0. The smallest absolute Gasteiger partial charge is 0.146 e. The van der Waals surface area contributed by atoms with E-state index in [1.165, 1.54) is 0 Å². The van der Waals surface area contributed by atoms with Crippen LogP contribution in [0.25, 0.3) is 0 Å². The van der Waals surface area contributed by atoms with Crippen molar-refractivity contribution in [1.82, 2.24) is 0 Å². The average molecular weight is 281 g/mol. The van der Waals surface area contributed by atoms with E-state index >= 15 is 0 Å². The van der Waals surface area contributed by atoms with E-state index in [2.05, 4.69) is 57.5 Å². The van der Waals surface area contributed by atoms with Crippen molar-refractivity contribution in [2.45, 2.75) is 52.0 Å². The number of rotatable bonds is 5. The third kappa shape index (κ3) is 2.83. The van der Waals surface area contributed by atoms with Gasteiger partial charge >= 0.3 is 0 Å². The van der Waals surface area contributed by atoms with Gasteiger partial charge in [0, 0.05) is 0 Å². The lowest BCUT2D eigenvalue weighted by atomic mass is 9.77. The predicted octanol–water partition coefficient (Wildman–Crippen LogP) is 2.75. The van der Waals surface area contributed by atoms with Crippen LogP contribution in [0.2, 0.25) is 0 Å². The SMILES string of the molecule is CC(C)C(O[SiH3])C(Br)(C(C)C)C(C)C. The number of halogens is 1. The van der Waals surface area contributed by atoms with Crippen molar-refractivity contribution in [3.63, 3.8) is 0 Å². The molecule has 0 bridgehead atoms. The molecule has 0 saturated carbocycles. The Kier molecular flexibility index (Phi) is 5.93. The van der Waals surface area contributed by atoms with Gasteiger partial charge in [0.15, 0.2) is 0 Å². The quantitative estimate of drug-likeness (QED) is 0.556. The molecule has 0 spiro atoms. The van der Waals surface area contributed by atoms with Gasteiger partial charge in [-0.3, -0.25) is 0 Å². The lowest BCUT2D eigenvalue weighted by Crippen LogP contribution is -2.49. The van der Waals surface area contributed by atoms with E-state index in [-0.39, 0.29) is 4.32 Å². The summed E-state index contributed by atoms with van der Waals surface area (Å²) < 4.78 is 5.91. The summed E-state index contributed by atoms with van der Waals surface area (Å²) in [5.74, 6) is 1.74. The first-order valence-electron chi connectivity index (χ1n) is 5.50. The van der Waals surface area contributed by atoms with E-state index in [1.807, 2.05) is 0 Å². The molecule has 1 nitrogen and oxygen atoms in total. The van der Waals surface area contributed by atoms with Crippen LogP contribution in [0.4, 0.5) is 0 Å².